The molecule has 0 saturated carbocycles. The Balaban J connectivity index is 1.97. The zero-order chi connectivity index (χ0) is 15.3. The van der Waals surface area contributed by atoms with Crippen molar-refractivity contribution in [2.75, 3.05) is 11.9 Å². The second kappa shape index (κ2) is 11.1. The quantitative estimate of drug-likeness (QED) is 0.577. The SMILES string of the molecule is CCCCCCCCCCOC(=O)Nc1ccc(F)cc1. The molecule has 0 fully saturated rings. The topological polar surface area (TPSA) is 38.3 Å². The van der Waals surface area contributed by atoms with E-state index in [0.29, 0.717) is 12.3 Å². The summed E-state index contributed by atoms with van der Waals surface area (Å²) >= 11 is 0. The molecule has 0 aliphatic heterocycles. The molecule has 1 aromatic rings. The summed E-state index contributed by atoms with van der Waals surface area (Å²) in [5.41, 5.74) is 0.539. The van der Waals surface area contributed by atoms with E-state index in [1.165, 1.54) is 62.8 Å². The highest BCUT2D eigenvalue weighted by Gasteiger charge is 2.02. The minimum Gasteiger partial charge on any atom is -0.449 e. The monoisotopic (exact) mass is 295 g/mol. The van der Waals surface area contributed by atoms with Crippen LogP contribution in [0.25, 0.3) is 0 Å². The van der Waals surface area contributed by atoms with E-state index in [1.54, 1.807) is 0 Å². The number of carbonyl (C=O) groups excluding carboxylic acids is 1. The van der Waals surface area contributed by atoms with Crippen molar-refractivity contribution in [2.45, 2.75) is 58.3 Å². The minimum atomic E-state index is -0.482. The molecule has 4 heteroatoms. The fourth-order valence-electron chi connectivity index (χ4n) is 2.09. The number of hydrogen-bond acceptors (Lipinski definition) is 2. The van der Waals surface area contributed by atoms with Gasteiger partial charge in [0.25, 0.3) is 0 Å². The largest absolute Gasteiger partial charge is 0.449 e. The van der Waals surface area contributed by atoms with Crippen molar-refractivity contribution < 1.29 is 13.9 Å². The first-order chi connectivity index (χ1) is 10.2. The maximum absolute atomic E-state index is 12.7. The molecule has 1 aromatic carbocycles. The highest BCUT2D eigenvalue weighted by Crippen LogP contribution is 2.10. The number of carbonyl (C=O) groups is 1. The van der Waals surface area contributed by atoms with Crippen LogP contribution in [0.3, 0.4) is 0 Å². The van der Waals surface area contributed by atoms with Gasteiger partial charge in [-0.15, -0.1) is 0 Å². The molecule has 0 saturated heterocycles. The molecule has 0 aliphatic carbocycles. The maximum Gasteiger partial charge on any atom is 0.411 e. The molecule has 0 atom stereocenters. The van der Waals surface area contributed by atoms with Crippen molar-refractivity contribution in [1.82, 2.24) is 0 Å². The number of ether oxygens (including phenoxy) is 1. The Kier molecular flexibility index (Phi) is 9.25. The standard InChI is InChI=1S/C17H26FNO2/c1-2-3-4-5-6-7-8-9-14-21-17(20)19-16-12-10-15(18)11-13-16/h10-13H,2-9,14H2,1H3,(H,19,20). The molecule has 0 spiro atoms. The molecular formula is C17H26FNO2. The Bertz CT molecular complexity index is 392. The Labute approximate surface area is 126 Å². The summed E-state index contributed by atoms with van der Waals surface area (Å²) in [7, 11) is 0. The molecule has 1 rings (SSSR count). The van der Waals surface area contributed by atoms with E-state index in [2.05, 4.69) is 12.2 Å². The molecule has 0 bridgehead atoms. The van der Waals surface area contributed by atoms with Gasteiger partial charge < -0.3 is 4.74 Å². The number of benzene rings is 1. The summed E-state index contributed by atoms with van der Waals surface area (Å²) in [6, 6.07) is 5.61. The van der Waals surface area contributed by atoms with E-state index in [9.17, 15) is 9.18 Å². The fraction of sp³-hybridized carbons (Fsp3) is 0.588. The third-order valence-corrected chi connectivity index (χ3v) is 3.32. The van der Waals surface area contributed by atoms with Gasteiger partial charge in [0.05, 0.1) is 6.61 Å². The van der Waals surface area contributed by atoms with Gasteiger partial charge in [0, 0.05) is 5.69 Å². The second-order valence-corrected chi connectivity index (χ2v) is 5.24. The van der Waals surface area contributed by atoms with Crippen molar-refractivity contribution in [1.29, 1.82) is 0 Å². The Morgan fingerprint density at radius 1 is 1.00 bits per heavy atom. The van der Waals surface area contributed by atoms with E-state index < -0.39 is 6.09 Å². The number of anilines is 1. The van der Waals surface area contributed by atoms with Crippen LogP contribution in [0, 0.1) is 5.82 Å². The van der Waals surface area contributed by atoms with E-state index in [-0.39, 0.29) is 5.82 Å². The highest BCUT2D eigenvalue weighted by molar-refractivity contribution is 5.84. The Morgan fingerprint density at radius 3 is 2.19 bits per heavy atom. The predicted octanol–water partition coefficient (Wildman–Crippen LogP) is 5.51. The number of amides is 1. The summed E-state index contributed by atoms with van der Waals surface area (Å²) in [5, 5.41) is 2.57. The van der Waals surface area contributed by atoms with Gasteiger partial charge in [0.15, 0.2) is 0 Å². The highest BCUT2D eigenvalue weighted by atomic mass is 19.1. The molecule has 1 N–H and O–H groups in total. The van der Waals surface area contributed by atoms with E-state index >= 15 is 0 Å². The number of unbranched alkanes of at least 4 members (excludes halogenated alkanes) is 7. The fourth-order valence-corrected chi connectivity index (χ4v) is 2.09. The first-order valence-electron chi connectivity index (χ1n) is 7.91. The van der Waals surface area contributed by atoms with Crippen LogP contribution >= 0.6 is 0 Å². The van der Waals surface area contributed by atoms with Gasteiger partial charge in [-0.05, 0) is 30.7 Å². The predicted molar refractivity (Wildman–Crippen MR) is 84.0 cm³/mol. The smallest absolute Gasteiger partial charge is 0.411 e. The van der Waals surface area contributed by atoms with Gasteiger partial charge in [-0.1, -0.05) is 51.9 Å². The third-order valence-electron chi connectivity index (χ3n) is 3.32. The summed E-state index contributed by atoms with van der Waals surface area (Å²) in [6.07, 6.45) is 9.20. The van der Waals surface area contributed by atoms with Crippen molar-refractivity contribution >= 4 is 11.8 Å². The average Bonchev–Trinajstić information content (AvgIpc) is 2.48. The molecule has 3 nitrogen and oxygen atoms in total. The lowest BCUT2D eigenvalue weighted by Crippen LogP contribution is -2.14. The number of halogens is 1. The third kappa shape index (κ3) is 9.05. The first kappa shape index (κ1) is 17.5. The van der Waals surface area contributed by atoms with Crippen molar-refractivity contribution in [3.05, 3.63) is 30.1 Å². The molecule has 0 unspecified atom stereocenters. The van der Waals surface area contributed by atoms with Gasteiger partial charge in [-0.25, -0.2) is 9.18 Å². The number of rotatable bonds is 10. The van der Waals surface area contributed by atoms with Crippen LogP contribution in [0.15, 0.2) is 24.3 Å². The van der Waals surface area contributed by atoms with E-state index in [4.69, 9.17) is 4.74 Å². The molecule has 0 aromatic heterocycles. The summed E-state index contributed by atoms with van der Waals surface area (Å²) in [5.74, 6) is -0.326. The molecule has 1 amide bonds. The molecule has 0 heterocycles. The molecule has 0 radical (unpaired) electrons. The van der Waals surface area contributed by atoms with Crippen LogP contribution in [0.2, 0.25) is 0 Å². The van der Waals surface area contributed by atoms with E-state index in [0.717, 1.165) is 12.8 Å². The van der Waals surface area contributed by atoms with Crippen LogP contribution in [0.5, 0.6) is 0 Å². The zero-order valence-electron chi connectivity index (χ0n) is 12.9. The Hall–Kier alpha value is -1.58. The molecular weight excluding hydrogens is 269 g/mol. The van der Waals surface area contributed by atoms with Crippen LogP contribution in [-0.2, 0) is 4.74 Å². The van der Waals surface area contributed by atoms with E-state index in [1.807, 2.05) is 0 Å². The van der Waals surface area contributed by atoms with Crippen molar-refractivity contribution in [3.63, 3.8) is 0 Å². The lowest BCUT2D eigenvalue weighted by Gasteiger charge is -2.07. The van der Waals surface area contributed by atoms with Gasteiger partial charge in [-0.2, -0.15) is 0 Å². The van der Waals surface area contributed by atoms with Crippen LogP contribution < -0.4 is 5.32 Å². The van der Waals surface area contributed by atoms with Gasteiger partial charge >= 0.3 is 6.09 Å². The lowest BCUT2D eigenvalue weighted by atomic mass is 10.1. The zero-order valence-corrected chi connectivity index (χ0v) is 12.9. The van der Waals surface area contributed by atoms with Crippen molar-refractivity contribution in [3.8, 4) is 0 Å². The summed E-state index contributed by atoms with van der Waals surface area (Å²) in [6.45, 7) is 2.65. The number of nitrogens with one attached hydrogen (secondary N) is 1. The minimum absolute atomic E-state index is 0.326. The van der Waals surface area contributed by atoms with Crippen LogP contribution in [0.4, 0.5) is 14.9 Å². The second-order valence-electron chi connectivity index (χ2n) is 5.24. The average molecular weight is 295 g/mol. The van der Waals surface area contributed by atoms with Crippen LogP contribution in [0.1, 0.15) is 58.3 Å². The Morgan fingerprint density at radius 2 is 1.57 bits per heavy atom. The normalized spacial score (nSPS) is 10.4. The maximum atomic E-state index is 12.7. The summed E-state index contributed by atoms with van der Waals surface area (Å²) in [4.78, 5) is 11.5. The molecule has 118 valence electrons. The van der Waals surface area contributed by atoms with Crippen molar-refractivity contribution in [2.24, 2.45) is 0 Å². The summed E-state index contributed by atoms with van der Waals surface area (Å²) < 4.78 is 17.8. The van der Waals surface area contributed by atoms with Gasteiger partial charge in [0.2, 0.25) is 0 Å². The van der Waals surface area contributed by atoms with Gasteiger partial charge in [-0.3, -0.25) is 5.32 Å². The first-order valence-corrected chi connectivity index (χ1v) is 7.91. The number of hydrogen-bond donors (Lipinski definition) is 1. The molecule has 0 aliphatic rings. The van der Waals surface area contributed by atoms with Gasteiger partial charge in [0.1, 0.15) is 5.82 Å². The molecule has 21 heavy (non-hydrogen) atoms. The van der Waals surface area contributed by atoms with Crippen LogP contribution in [-0.4, -0.2) is 12.7 Å². The lowest BCUT2D eigenvalue weighted by molar-refractivity contribution is 0.159.